The lowest BCUT2D eigenvalue weighted by molar-refractivity contribution is 0.908. The fraction of sp³-hybridized carbons (Fsp3) is 0.0870. The molecule has 27 heavy (non-hydrogen) atoms. The van der Waals surface area contributed by atoms with Crippen molar-refractivity contribution in [3.8, 4) is 11.1 Å². The Morgan fingerprint density at radius 1 is 0.630 bits per heavy atom. The van der Waals surface area contributed by atoms with Crippen LogP contribution in [0.3, 0.4) is 0 Å². The monoisotopic (exact) mass is 352 g/mol. The molecule has 0 aliphatic heterocycles. The normalized spacial score (nSPS) is 10.5. The first-order valence-corrected chi connectivity index (χ1v) is 8.98. The standard InChI is InChI=1S/C23H20N4/c1-2-8-23(20-9-14-24-15-10-20)19(5-1)11-16-27(21-6-3-12-25-17-21)22-7-4-13-26-18-22/h1-10,12-15,17-18H,11,16H2. The molecule has 4 heteroatoms. The predicted molar refractivity (Wildman–Crippen MR) is 109 cm³/mol. The molecular weight excluding hydrogens is 332 g/mol. The molecule has 0 aliphatic rings. The van der Waals surface area contributed by atoms with Crippen LogP contribution >= 0.6 is 0 Å². The SMILES string of the molecule is c1cncc(N(CCc2ccccc2-c2ccncc2)c2cccnc2)c1. The third kappa shape index (κ3) is 4.01. The molecule has 0 spiro atoms. The molecule has 0 saturated carbocycles. The van der Waals surface area contributed by atoms with E-state index < -0.39 is 0 Å². The van der Waals surface area contributed by atoms with Gasteiger partial charge in [-0.15, -0.1) is 0 Å². The zero-order chi connectivity index (χ0) is 18.3. The van der Waals surface area contributed by atoms with E-state index in [1.807, 2.05) is 36.9 Å². The fourth-order valence-electron chi connectivity index (χ4n) is 3.22. The van der Waals surface area contributed by atoms with Crippen LogP contribution in [0.2, 0.25) is 0 Å². The second kappa shape index (κ2) is 8.23. The molecule has 4 aromatic rings. The first-order valence-electron chi connectivity index (χ1n) is 8.98. The van der Waals surface area contributed by atoms with E-state index in [1.165, 1.54) is 16.7 Å². The van der Waals surface area contributed by atoms with E-state index >= 15 is 0 Å². The van der Waals surface area contributed by atoms with Gasteiger partial charge in [-0.05, 0) is 59.5 Å². The Bertz CT molecular complexity index is 933. The lowest BCUT2D eigenvalue weighted by atomic mass is 9.98. The van der Waals surface area contributed by atoms with Gasteiger partial charge in [0.15, 0.2) is 0 Å². The highest BCUT2D eigenvalue weighted by molar-refractivity contribution is 5.67. The van der Waals surface area contributed by atoms with Crippen LogP contribution in [0.5, 0.6) is 0 Å². The molecule has 132 valence electrons. The van der Waals surface area contributed by atoms with Crippen LogP contribution in [0.4, 0.5) is 11.4 Å². The Kier molecular flexibility index (Phi) is 5.16. The highest BCUT2D eigenvalue weighted by atomic mass is 15.1. The number of anilines is 2. The number of hydrogen-bond acceptors (Lipinski definition) is 4. The van der Waals surface area contributed by atoms with Crippen molar-refractivity contribution < 1.29 is 0 Å². The smallest absolute Gasteiger partial charge is 0.0597 e. The van der Waals surface area contributed by atoms with E-state index in [0.29, 0.717) is 0 Å². The van der Waals surface area contributed by atoms with Crippen molar-refractivity contribution in [1.29, 1.82) is 0 Å². The Balaban J connectivity index is 1.63. The van der Waals surface area contributed by atoms with Crippen molar-refractivity contribution in [1.82, 2.24) is 15.0 Å². The van der Waals surface area contributed by atoms with Crippen LogP contribution in [-0.2, 0) is 6.42 Å². The summed E-state index contributed by atoms with van der Waals surface area (Å²) >= 11 is 0. The van der Waals surface area contributed by atoms with Crippen molar-refractivity contribution in [2.24, 2.45) is 0 Å². The highest BCUT2D eigenvalue weighted by Gasteiger charge is 2.12. The largest absolute Gasteiger partial charge is 0.339 e. The number of hydrogen-bond donors (Lipinski definition) is 0. The summed E-state index contributed by atoms with van der Waals surface area (Å²) in [5, 5.41) is 0. The van der Waals surface area contributed by atoms with Crippen molar-refractivity contribution in [2.45, 2.75) is 6.42 Å². The highest BCUT2D eigenvalue weighted by Crippen LogP contribution is 2.27. The van der Waals surface area contributed by atoms with Gasteiger partial charge in [-0.1, -0.05) is 24.3 Å². The van der Waals surface area contributed by atoms with Crippen molar-refractivity contribution in [2.75, 3.05) is 11.4 Å². The summed E-state index contributed by atoms with van der Waals surface area (Å²) < 4.78 is 0. The van der Waals surface area contributed by atoms with Crippen molar-refractivity contribution >= 4 is 11.4 Å². The Morgan fingerprint density at radius 3 is 1.93 bits per heavy atom. The van der Waals surface area contributed by atoms with Gasteiger partial charge < -0.3 is 4.90 Å². The molecule has 0 saturated heterocycles. The van der Waals surface area contributed by atoms with Crippen molar-refractivity contribution in [3.63, 3.8) is 0 Å². The average molecular weight is 352 g/mol. The maximum absolute atomic E-state index is 4.28. The summed E-state index contributed by atoms with van der Waals surface area (Å²) in [5.74, 6) is 0. The summed E-state index contributed by atoms with van der Waals surface area (Å²) in [4.78, 5) is 14.9. The topological polar surface area (TPSA) is 41.9 Å². The van der Waals surface area contributed by atoms with Crippen LogP contribution in [-0.4, -0.2) is 21.5 Å². The Hall–Kier alpha value is -3.53. The van der Waals surface area contributed by atoms with Crippen LogP contribution in [0.1, 0.15) is 5.56 Å². The average Bonchev–Trinajstić information content (AvgIpc) is 2.76. The minimum atomic E-state index is 0.833. The van der Waals surface area contributed by atoms with Gasteiger partial charge in [0.25, 0.3) is 0 Å². The van der Waals surface area contributed by atoms with Crippen LogP contribution in [0, 0.1) is 0 Å². The van der Waals surface area contributed by atoms with E-state index in [2.05, 4.69) is 68.4 Å². The Labute approximate surface area is 159 Å². The van der Waals surface area contributed by atoms with Gasteiger partial charge in [-0.25, -0.2) is 0 Å². The first-order chi connectivity index (χ1) is 13.4. The second-order valence-corrected chi connectivity index (χ2v) is 6.22. The summed E-state index contributed by atoms with van der Waals surface area (Å²) in [6, 6.07) is 20.7. The first kappa shape index (κ1) is 16.9. The maximum Gasteiger partial charge on any atom is 0.0597 e. The molecule has 4 rings (SSSR count). The van der Waals surface area contributed by atoms with Gasteiger partial charge in [0.05, 0.1) is 23.8 Å². The molecule has 0 atom stereocenters. The number of pyridine rings is 3. The molecule has 0 fully saturated rings. The second-order valence-electron chi connectivity index (χ2n) is 6.22. The molecule has 3 heterocycles. The maximum atomic E-state index is 4.28. The van der Waals surface area contributed by atoms with E-state index in [9.17, 15) is 0 Å². The minimum Gasteiger partial charge on any atom is -0.339 e. The minimum absolute atomic E-state index is 0.833. The van der Waals surface area contributed by atoms with Crippen LogP contribution < -0.4 is 4.90 Å². The summed E-state index contributed by atoms with van der Waals surface area (Å²) in [6.45, 7) is 0.833. The van der Waals surface area contributed by atoms with Gasteiger partial charge in [0.1, 0.15) is 0 Å². The molecule has 0 radical (unpaired) electrons. The zero-order valence-corrected chi connectivity index (χ0v) is 14.9. The van der Waals surface area contributed by atoms with E-state index in [-0.39, 0.29) is 0 Å². The van der Waals surface area contributed by atoms with Gasteiger partial charge in [-0.3, -0.25) is 15.0 Å². The molecular formula is C23H20N4. The van der Waals surface area contributed by atoms with Gasteiger partial charge in [-0.2, -0.15) is 0 Å². The van der Waals surface area contributed by atoms with Gasteiger partial charge >= 0.3 is 0 Å². The third-order valence-electron chi connectivity index (χ3n) is 4.53. The molecule has 0 bridgehead atoms. The predicted octanol–water partition coefficient (Wildman–Crippen LogP) is 4.92. The van der Waals surface area contributed by atoms with E-state index in [1.54, 1.807) is 12.4 Å². The third-order valence-corrected chi connectivity index (χ3v) is 4.53. The van der Waals surface area contributed by atoms with Crippen molar-refractivity contribution in [3.05, 3.63) is 103 Å². The molecule has 0 N–H and O–H groups in total. The van der Waals surface area contributed by atoms with Gasteiger partial charge in [0, 0.05) is 31.3 Å². The quantitative estimate of drug-likeness (QED) is 0.494. The summed E-state index contributed by atoms with van der Waals surface area (Å²) in [7, 11) is 0. The molecule has 0 unspecified atom stereocenters. The van der Waals surface area contributed by atoms with Crippen LogP contribution in [0.15, 0.2) is 97.8 Å². The number of benzene rings is 1. The number of rotatable bonds is 6. The van der Waals surface area contributed by atoms with E-state index in [4.69, 9.17) is 0 Å². The lowest BCUT2D eigenvalue weighted by Crippen LogP contribution is -2.20. The molecule has 0 amide bonds. The van der Waals surface area contributed by atoms with Crippen LogP contribution in [0.25, 0.3) is 11.1 Å². The van der Waals surface area contributed by atoms with Gasteiger partial charge in [0.2, 0.25) is 0 Å². The van der Waals surface area contributed by atoms with E-state index in [0.717, 1.165) is 24.3 Å². The number of aromatic nitrogens is 3. The fourth-order valence-corrected chi connectivity index (χ4v) is 3.22. The zero-order valence-electron chi connectivity index (χ0n) is 14.9. The molecule has 0 aliphatic carbocycles. The molecule has 3 aromatic heterocycles. The molecule has 1 aromatic carbocycles. The lowest BCUT2D eigenvalue weighted by Gasteiger charge is -2.25. The summed E-state index contributed by atoms with van der Waals surface area (Å²) in [6.07, 6.45) is 12.0. The Morgan fingerprint density at radius 2 is 1.30 bits per heavy atom. The summed E-state index contributed by atoms with van der Waals surface area (Å²) in [5.41, 5.74) is 5.87. The molecule has 4 nitrogen and oxygen atoms in total. The number of nitrogens with zero attached hydrogens (tertiary/aromatic N) is 4.